The average Bonchev–Trinajstić information content (AvgIpc) is 3.14. The first-order valence-corrected chi connectivity index (χ1v) is 8.54. The highest BCUT2D eigenvalue weighted by molar-refractivity contribution is 5.91. The molecule has 0 spiro atoms. The molecule has 3 rings (SSSR count). The summed E-state index contributed by atoms with van der Waals surface area (Å²) in [5, 5.41) is 19.2. The molecule has 1 amide bonds. The number of aromatic nitrogens is 3. The lowest BCUT2D eigenvalue weighted by molar-refractivity contribution is 0.0939. The van der Waals surface area contributed by atoms with Crippen molar-refractivity contribution in [1.82, 2.24) is 25.2 Å². The third kappa shape index (κ3) is 4.41. The van der Waals surface area contributed by atoms with E-state index in [0.29, 0.717) is 6.54 Å². The van der Waals surface area contributed by atoms with Crippen molar-refractivity contribution in [3.8, 4) is 0 Å². The maximum absolute atomic E-state index is 13.3. The van der Waals surface area contributed by atoms with Crippen LogP contribution in [0.25, 0.3) is 0 Å². The molecule has 9 heteroatoms. The number of amides is 1. The van der Waals surface area contributed by atoms with Crippen molar-refractivity contribution in [2.75, 3.05) is 26.2 Å². The van der Waals surface area contributed by atoms with Gasteiger partial charge in [0.1, 0.15) is 0 Å². The Balaban J connectivity index is 1.52. The molecular weight excluding hydrogens is 344 g/mol. The molecule has 1 aliphatic rings. The molecule has 2 N–H and O–H groups in total. The fourth-order valence-corrected chi connectivity index (χ4v) is 3.06. The van der Waals surface area contributed by atoms with Crippen LogP contribution in [0.1, 0.15) is 34.9 Å². The standard InChI is InChI=1S/C17H21F2N5O2/c18-14-2-1-12(9-15(14)19)10-23-6-3-13(4-7-23)24-11-16(21-22-24)17(26)20-5-8-25/h1-2,9,11,13,25H,3-8,10H2,(H,20,26). The first-order valence-electron chi connectivity index (χ1n) is 8.54. The second-order valence-electron chi connectivity index (χ2n) is 6.32. The van der Waals surface area contributed by atoms with Gasteiger partial charge in [0.25, 0.3) is 5.91 Å². The summed E-state index contributed by atoms with van der Waals surface area (Å²) in [4.78, 5) is 14.0. The molecule has 0 bridgehead atoms. The number of aliphatic hydroxyl groups excluding tert-OH is 1. The zero-order valence-corrected chi connectivity index (χ0v) is 14.2. The molecule has 1 aliphatic heterocycles. The van der Waals surface area contributed by atoms with E-state index in [2.05, 4.69) is 20.5 Å². The summed E-state index contributed by atoms with van der Waals surface area (Å²) in [7, 11) is 0. The second-order valence-corrected chi connectivity index (χ2v) is 6.32. The van der Waals surface area contributed by atoms with E-state index in [9.17, 15) is 13.6 Å². The van der Waals surface area contributed by atoms with Crippen LogP contribution < -0.4 is 5.32 Å². The minimum Gasteiger partial charge on any atom is -0.395 e. The number of likely N-dealkylation sites (tertiary alicyclic amines) is 1. The fourth-order valence-electron chi connectivity index (χ4n) is 3.06. The fraction of sp³-hybridized carbons (Fsp3) is 0.471. The predicted molar refractivity (Wildman–Crippen MR) is 89.3 cm³/mol. The van der Waals surface area contributed by atoms with Gasteiger partial charge in [-0.1, -0.05) is 11.3 Å². The van der Waals surface area contributed by atoms with Crippen LogP contribution in [0, 0.1) is 11.6 Å². The molecule has 0 radical (unpaired) electrons. The molecule has 0 atom stereocenters. The maximum atomic E-state index is 13.3. The van der Waals surface area contributed by atoms with Crippen LogP contribution in [0.4, 0.5) is 8.78 Å². The van der Waals surface area contributed by atoms with Gasteiger partial charge < -0.3 is 10.4 Å². The number of halogens is 2. The second kappa shape index (κ2) is 8.33. The summed E-state index contributed by atoms with van der Waals surface area (Å²) < 4.78 is 28.0. The molecule has 7 nitrogen and oxygen atoms in total. The van der Waals surface area contributed by atoms with E-state index in [1.807, 2.05) is 0 Å². The molecule has 1 aromatic heterocycles. The Morgan fingerprint density at radius 3 is 2.73 bits per heavy atom. The van der Waals surface area contributed by atoms with Crippen LogP contribution in [-0.4, -0.2) is 57.1 Å². The van der Waals surface area contributed by atoms with Crippen molar-refractivity contribution in [2.24, 2.45) is 0 Å². The number of hydrogen-bond acceptors (Lipinski definition) is 5. The number of piperidine rings is 1. The number of rotatable bonds is 6. The van der Waals surface area contributed by atoms with Crippen LogP contribution >= 0.6 is 0 Å². The summed E-state index contributed by atoms with van der Waals surface area (Å²) in [6, 6.07) is 4.12. The lowest BCUT2D eigenvalue weighted by Gasteiger charge is -2.31. The predicted octanol–water partition coefficient (Wildman–Crippen LogP) is 1.12. The van der Waals surface area contributed by atoms with Crippen LogP contribution in [0.15, 0.2) is 24.4 Å². The Morgan fingerprint density at radius 1 is 1.27 bits per heavy atom. The van der Waals surface area contributed by atoms with Crippen molar-refractivity contribution in [3.05, 3.63) is 47.3 Å². The summed E-state index contributed by atoms with van der Waals surface area (Å²) in [5.74, 6) is -2.02. The molecule has 2 heterocycles. The van der Waals surface area contributed by atoms with Gasteiger partial charge in [-0.05, 0) is 30.5 Å². The molecule has 0 unspecified atom stereocenters. The highest BCUT2D eigenvalue weighted by Crippen LogP contribution is 2.23. The first kappa shape index (κ1) is 18.4. The van der Waals surface area contributed by atoms with Crippen molar-refractivity contribution in [1.29, 1.82) is 0 Å². The van der Waals surface area contributed by atoms with Crippen molar-refractivity contribution >= 4 is 5.91 Å². The van der Waals surface area contributed by atoms with Gasteiger partial charge in [-0.3, -0.25) is 9.69 Å². The molecule has 2 aromatic rings. The topological polar surface area (TPSA) is 83.3 Å². The average molecular weight is 365 g/mol. The first-order chi connectivity index (χ1) is 12.6. The summed E-state index contributed by atoms with van der Waals surface area (Å²) >= 11 is 0. The SMILES string of the molecule is O=C(NCCO)c1cn(C2CCN(Cc3ccc(F)c(F)c3)CC2)nn1. The van der Waals surface area contributed by atoms with E-state index in [1.165, 1.54) is 6.07 Å². The number of aliphatic hydroxyl groups is 1. The van der Waals surface area contributed by atoms with E-state index < -0.39 is 11.6 Å². The Kier molecular flexibility index (Phi) is 5.89. The van der Waals surface area contributed by atoms with Gasteiger partial charge in [0.05, 0.1) is 18.8 Å². The van der Waals surface area contributed by atoms with Gasteiger partial charge in [0.2, 0.25) is 0 Å². The smallest absolute Gasteiger partial charge is 0.273 e. The number of carbonyl (C=O) groups excluding carboxylic acids is 1. The van der Waals surface area contributed by atoms with Crippen molar-refractivity contribution < 1.29 is 18.7 Å². The van der Waals surface area contributed by atoms with Gasteiger partial charge in [0, 0.05) is 26.2 Å². The van der Waals surface area contributed by atoms with Gasteiger partial charge in [-0.25, -0.2) is 13.5 Å². The third-order valence-electron chi connectivity index (χ3n) is 4.46. The molecule has 0 saturated carbocycles. The lowest BCUT2D eigenvalue weighted by atomic mass is 10.0. The Labute approximate surface area is 149 Å². The summed E-state index contributed by atoms with van der Waals surface area (Å²) in [6.45, 7) is 2.19. The minimum absolute atomic E-state index is 0.129. The number of carbonyl (C=O) groups is 1. The van der Waals surface area contributed by atoms with Gasteiger partial charge in [0.15, 0.2) is 17.3 Å². The monoisotopic (exact) mass is 365 g/mol. The number of benzene rings is 1. The van der Waals surface area contributed by atoms with E-state index in [4.69, 9.17) is 5.11 Å². The molecule has 26 heavy (non-hydrogen) atoms. The van der Waals surface area contributed by atoms with E-state index >= 15 is 0 Å². The van der Waals surface area contributed by atoms with Crippen LogP contribution in [0.2, 0.25) is 0 Å². The minimum atomic E-state index is -0.836. The highest BCUT2D eigenvalue weighted by Gasteiger charge is 2.23. The normalized spacial score (nSPS) is 16.0. The van der Waals surface area contributed by atoms with Gasteiger partial charge in [-0.15, -0.1) is 5.10 Å². The van der Waals surface area contributed by atoms with Gasteiger partial charge in [-0.2, -0.15) is 0 Å². The van der Waals surface area contributed by atoms with Crippen molar-refractivity contribution in [2.45, 2.75) is 25.4 Å². The van der Waals surface area contributed by atoms with Crippen LogP contribution in [-0.2, 0) is 6.54 Å². The molecule has 1 aromatic carbocycles. The third-order valence-corrected chi connectivity index (χ3v) is 4.46. The quantitative estimate of drug-likeness (QED) is 0.802. The van der Waals surface area contributed by atoms with Crippen LogP contribution in [0.3, 0.4) is 0 Å². The number of nitrogens with zero attached hydrogens (tertiary/aromatic N) is 4. The number of nitrogens with one attached hydrogen (secondary N) is 1. The molecule has 0 aliphatic carbocycles. The number of hydrogen-bond donors (Lipinski definition) is 2. The van der Waals surface area contributed by atoms with E-state index in [1.54, 1.807) is 16.9 Å². The van der Waals surface area contributed by atoms with E-state index in [-0.39, 0.29) is 30.8 Å². The Morgan fingerprint density at radius 2 is 2.04 bits per heavy atom. The highest BCUT2D eigenvalue weighted by atomic mass is 19.2. The molecule has 140 valence electrons. The summed E-state index contributed by atoms with van der Waals surface area (Å²) in [5.41, 5.74) is 0.966. The lowest BCUT2D eigenvalue weighted by Crippen LogP contribution is -2.34. The van der Waals surface area contributed by atoms with E-state index in [0.717, 1.165) is 37.6 Å². The Bertz CT molecular complexity index is 759. The summed E-state index contributed by atoms with van der Waals surface area (Å²) in [6.07, 6.45) is 3.26. The zero-order chi connectivity index (χ0) is 18.5. The van der Waals surface area contributed by atoms with Gasteiger partial charge >= 0.3 is 0 Å². The zero-order valence-electron chi connectivity index (χ0n) is 14.2. The molecule has 1 fully saturated rings. The molecule has 1 saturated heterocycles. The van der Waals surface area contributed by atoms with Crippen LogP contribution in [0.5, 0.6) is 0 Å². The largest absolute Gasteiger partial charge is 0.395 e. The maximum Gasteiger partial charge on any atom is 0.273 e. The van der Waals surface area contributed by atoms with Crippen molar-refractivity contribution in [3.63, 3.8) is 0 Å². The Hall–Kier alpha value is -2.39. The molecular formula is C17H21F2N5O2.